The van der Waals surface area contributed by atoms with Gasteiger partial charge in [-0.1, -0.05) is 78.9 Å². The molecule has 7 aromatic carbocycles. The van der Waals surface area contributed by atoms with Crippen LogP contribution >= 0.6 is 0 Å². The first kappa shape index (κ1) is 31.8. The van der Waals surface area contributed by atoms with Crippen LogP contribution in [-0.2, 0) is 12.4 Å². The fraction of sp³-hybridized carbons (Fsp3) is 0.0476. The first-order valence-electron chi connectivity index (χ1n) is 16.0. The van der Waals surface area contributed by atoms with E-state index in [1.165, 1.54) is 30.3 Å². The van der Waals surface area contributed by atoms with Gasteiger partial charge in [0.2, 0.25) is 0 Å². The second-order valence-electron chi connectivity index (χ2n) is 12.6. The van der Waals surface area contributed by atoms with Crippen LogP contribution in [0.15, 0.2) is 122 Å². The van der Waals surface area contributed by atoms with Crippen LogP contribution < -0.4 is 0 Å². The summed E-state index contributed by atoms with van der Waals surface area (Å²) in [6.45, 7) is 0. The Balaban J connectivity index is 1.35. The summed E-state index contributed by atoms with van der Waals surface area (Å²) in [5.74, 6) is -1.07. The second-order valence-corrected chi connectivity index (χ2v) is 12.6. The highest BCUT2D eigenvalue weighted by molar-refractivity contribution is 6.30. The molecule has 9 aromatic rings. The summed E-state index contributed by atoms with van der Waals surface area (Å²) in [6, 6.07) is 28.2. The Kier molecular flexibility index (Phi) is 6.83. The van der Waals surface area contributed by atoms with Crippen molar-refractivity contribution in [2.24, 2.45) is 0 Å². The van der Waals surface area contributed by atoms with Crippen LogP contribution in [-0.4, -0.2) is 9.97 Å². The largest absolute Gasteiger partial charge is 0.433 e. The zero-order valence-corrected chi connectivity index (χ0v) is 26.5. The van der Waals surface area contributed by atoms with E-state index in [0.717, 1.165) is 35.3 Å². The number of hydrogen-bond acceptors (Lipinski definition) is 2. The van der Waals surface area contributed by atoms with Crippen molar-refractivity contribution in [2.75, 3.05) is 0 Å². The van der Waals surface area contributed by atoms with Crippen molar-refractivity contribution in [3.63, 3.8) is 0 Å². The van der Waals surface area contributed by atoms with Crippen molar-refractivity contribution in [2.45, 2.75) is 12.4 Å². The van der Waals surface area contributed by atoms with Crippen molar-refractivity contribution >= 4 is 53.9 Å². The first-order chi connectivity index (χ1) is 24.9. The quantitative estimate of drug-likeness (QED) is 0.104. The molecule has 10 heteroatoms. The fourth-order valence-corrected chi connectivity index (χ4v) is 7.49. The molecule has 0 saturated carbocycles. The van der Waals surface area contributed by atoms with E-state index in [4.69, 9.17) is 0 Å². The lowest BCUT2D eigenvalue weighted by Gasteiger charge is -2.21. The molecular formula is C42H20F8N2. The number of fused-ring (bicyclic) bond motifs is 2. The van der Waals surface area contributed by atoms with Crippen molar-refractivity contribution in [1.29, 1.82) is 0 Å². The maximum atomic E-state index is 16.1. The Morgan fingerprint density at radius 3 is 1.65 bits per heavy atom. The molecule has 9 rings (SSSR count). The Labute approximate surface area is 288 Å². The molecular weight excluding hydrogens is 684 g/mol. The van der Waals surface area contributed by atoms with E-state index in [-0.39, 0.29) is 0 Å². The summed E-state index contributed by atoms with van der Waals surface area (Å²) in [7, 11) is 0. The summed E-state index contributed by atoms with van der Waals surface area (Å²) < 4.78 is 111. The van der Waals surface area contributed by atoms with Crippen LogP contribution in [0.3, 0.4) is 0 Å². The van der Waals surface area contributed by atoms with Crippen molar-refractivity contribution in [3.05, 3.63) is 145 Å². The summed E-state index contributed by atoms with van der Waals surface area (Å²) in [5.41, 5.74) is 1.09. The molecule has 0 aliphatic heterocycles. The van der Waals surface area contributed by atoms with Gasteiger partial charge in [-0.05, 0) is 95.7 Å². The zero-order valence-electron chi connectivity index (χ0n) is 26.5. The molecule has 0 aliphatic rings. The molecule has 254 valence electrons. The van der Waals surface area contributed by atoms with Gasteiger partial charge in [-0.25, -0.2) is 8.78 Å². The third kappa shape index (κ3) is 4.85. The number of aromatic nitrogens is 2. The van der Waals surface area contributed by atoms with Gasteiger partial charge in [-0.2, -0.15) is 26.3 Å². The van der Waals surface area contributed by atoms with E-state index < -0.39 is 35.4 Å². The molecule has 0 spiro atoms. The summed E-state index contributed by atoms with van der Waals surface area (Å²) in [4.78, 5) is 7.30. The molecule has 0 atom stereocenters. The van der Waals surface area contributed by atoms with Crippen LogP contribution in [0.4, 0.5) is 35.1 Å². The van der Waals surface area contributed by atoms with Gasteiger partial charge >= 0.3 is 12.4 Å². The van der Waals surface area contributed by atoms with E-state index in [2.05, 4.69) is 9.97 Å². The Morgan fingerprint density at radius 2 is 1.00 bits per heavy atom. The highest BCUT2D eigenvalue weighted by Gasteiger charge is 2.33. The SMILES string of the molecule is Fc1ccc2c(-c3ccc4c(F)cc5c(-c6ccc(C(F)(F)F)nc6)ccc6ccc3c4c65)c3ccccc3c(-c3ccc(C(F)(F)F)nc3)c2c1. The lowest BCUT2D eigenvalue weighted by atomic mass is 9.83. The van der Waals surface area contributed by atoms with Gasteiger partial charge in [0.05, 0.1) is 0 Å². The lowest BCUT2D eigenvalue weighted by molar-refractivity contribution is -0.141. The highest BCUT2D eigenvalue weighted by atomic mass is 19.4. The minimum atomic E-state index is -4.64. The van der Waals surface area contributed by atoms with Crippen LogP contribution in [0.25, 0.3) is 87.2 Å². The number of hydrogen-bond donors (Lipinski definition) is 0. The normalized spacial score (nSPS) is 12.6. The van der Waals surface area contributed by atoms with Gasteiger partial charge in [-0.3, -0.25) is 9.97 Å². The third-order valence-corrected chi connectivity index (χ3v) is 9.69. The fourth-order valence-electron chi connectivity index (χ4n) is 7.49. The van der Waals surface area contributed by atoms with E-state index in [9.17, 15) is 26.3 Å². The average molecular weight is 705 g/mol. The standard InChI is InChI=1S/C42H20F8N2/c43-24-9-12-30-32(17-24)37(23-8-16-36(52-20-23)42(48,49)50)26-3-1-2-4-27(26)39(30)28-13-14-31-34(44)18-33-25(22-7-15-35(51-19-22)41(45,46)47)10-5-21-6-11-29(28)40(31)38(21)33/h1-20H. The minimum Gasteiger partial charge on any atom is -0.251 e. The van der Waals surface area contributed by atoms with Crippen LogP contribution in [0.1, 0.15) is 11.4 Å². The monoisotopic (exact) mass is 704 g/mol. The van der Waals surface area contributed by atoms with Gasteiger partial charge in [0.25, 0.3) is 0 Å². The Bertz CT molecular complexity index is 2880. The molecule has 0 radical (unpaired) electrons. The summed E-state index contributed by atoms with van der Waals surface area (Å²) >= 11 is 0. The molecule has 0 N–H and O–H groups in total. The van der Waals surface area contributed by atoms with Gasteiger partial charge in [-0.15, -0.1) is 0 Å². The maximum Gasteiger partial charge on any atom is 0.433 e. The number of nitrogens with zero attached hydrogens (tertiary/aromatic N) is 2. The van der Waals surface area contributed by atoms with Crippen LogP contribution in [0.5, 0.6) is 0 Å². The molecule has 0 aliphatic carbocycles. The summed E-state index contributed by atoms with van der Waals surface area (Å²) in [5, 5.41) is 6.04. The van der Waals surface area contributed by atoms with Crippen LogP contribution in [0.2, 0.25) is 0 Å². The number of halogens is 8. The van der Waals surface area contributed by atoms with Gasteiger partial charge < -0.3 is 0 Å². The van der Waals surface area contributed by atoms with Crippen LogP contribution in [0, 0.1) is 11.6 Å². The lowest BCUT2D eigenvalue weighted by Crippen LogP contribution is -2.07. The zero-order chi connectivity index (χ0) is 36.1. The number of pyridine rings is 2. The minimum absolute atomic E-state index is 0.339. The predicted molar refractivity (Wildman–Crippen MR) is 187 cm³/mol. The maximum absolute atomic E-state index is 16.1. The van der Waals surface area contributed by atoms with Gasteiger partial charge in [0.1, 0.15) is 23.0 Å². The van der Waals surface area contributed by atoms with Gasteiger partial charge in [0.15, 0.2) is 0 Å². The smallest absolute Gasteiger partial charge is 0.251 e. The van der Waals surface area contributed by atoms with Crippen molar-refractivity contribution in [3.8, 4) is 33.4 Å². The van der Waals surface area contributed by atoms with Crippen molar-refractivity contribution < 1.29 is 35.1 Å². The average Bonchev–Trinajstić information content (AvgIpc) is 3.12. The molecule has 0 unspecified atom stereocenters. The molecule has 52 heavy (non-hydrogen) atoms. The highest BCUT2D eigenvalue weighted by Crippen LogP contribution is 2.48. The van der Waals surface area contributed by atoms with Gasteiger partial charge in [0, 0.05) is 34.3 Å². The Hall–Kier alpha value is -6.16. The van der Waals surface area contributed by atoms with E-state index in [1.807, 2.05) is 36.4 Å². The molecule has 0 saturated heterocycles. The molecule has 0 amide bonds. The molecule has 2 aromatic heterocycles. The number of rotatable bonds is 3. The van der Waals surface area contributed by atoms with Crippen molar-refractivity contribution in [1.82, 2.24) is 9.97 Å². The predicted octanol–water partition coefficient (Wildman–Crippen LogP) is 13.0. The summed E-state index contributed by atoms with van der Waals surface area (Å²) in [6.07, 6.45) is -6.99. The Morgan fingerprint density at radius 1 is 0.423 bits per heavy atom. The molecule has 0 fully saturated rings. The molecule has 0 bridgehead atoms. The van der Waals surface area contributed by atoms with E-state index >= 15 is 8.78 Å². The molecule has 2 nitrogen and oxygen atoms in total. The number of benzene rings is 7. The third-order valence-electron chi connectivity index (χ3n) is 9.69. The second kappa shape index (κ2) is 11.2. The van der Waals surface area contributed by atoms with E-state index in [0.29, 0.717) is 76.5 Å². The topological polar surface area (TPSA) is 25.8 Å². The molecule has 2 heterocycles. The first-order valence-corrected chi connectivity index (χ1v) is 16.0. The number of alkyl halides is 6. The van der Waals surface area contributed by atoms with E-state index in [1.54, 1.807) is 30.3 Å².